The van der Waals surface area contributed by atoms with Gasteiger partial charge in [-0.1, -0.05) is 0 Å². The Morgan fingerprint density at radius 2 is 2.19 bits per heavy atom. The Balaban J connectivity index is 2.54. The average molecular weight is 239 g/mol. The Morgan fingerprint density at radius 1 is 1.44 bits per heavy atom. The first-order chi connectivity index (χ1) is 7.50. The number of nitrogens with one attached hydrogen (secondary N) is 1. The van der Waals surface area contributed by atoms with Crippen LogP contribution in [0.4, 0.5) is 0 Å². The minimum atomic E-state index is -3.17. The molecule has 0 aliphatic heterocycles. The van der Waals surface area contributed by atoms with E-state index in [1.54, 1.807) is 18.2 Å². The number of aromatic nitrogens is 2. The van der Waals surface area contributed by atoms with Crippen molar-refractivity contribution in [2.75, 3.05) is 12.8 Å². The number of fused-ring (bicyclic) bond motifs is 1. The maximum absolute atomic E-state index is 11.4. The fraction of sp³-hybridized carbons (Fsp3) is 0.300. The fourth-order valence-corrected chi connectivity index (χ4v) is 2.17. The predicted molar refractivity (Wildman–Crippen MR) is 62.0 cm³/mol. The normalized spacial score (nSPS) is 12.1. The van der Waals surface area contributed by atoms with E-state index in [0.29, 0.717) is 17.9 Å². The number of imidazole rings is 1. The SMILES string of the molecule is CS(=O)(=O)c1ccc2nc(CCN)[nH]c2c1. The molecule has 6 heteroatoms. The Hall–Kier alpha value is -1.40. The molecule has 86 valence electrons. The van der Waals surface area contributed by atoms with Crippen molar-refractivity contribution < 1.29 is 8.42 Å². The lowest BCUT2D eigenvalue weighted by Crippen LogP contribution is -2.03. The molecule has 1 aromatic carbocycles. The molecule has 1 aromatic heterocycles. The summed E-state index contributed by atoms with van der Waals surface area (Å²) in [7, 11) is -3.17. The number of nitrogens with two attached hydrogens (primary N) is 1. The molecule has 2 aromatic rings. The van der Waals surface area contributed by atoms with Crippen LogP contribution in [0.25, 0.3) is 11.0 Å². The van der Waals surface area contributed by atoms with Crippen molar-refractivity contribution in [3.63, 3.8) is 0 Å². The molecule has 0 aliphatic rings. The number of nitrogens with zero attached hydrogens (tertiary/aromatic N) is 1. The number of hydrogen-bond donors (Lipinski definition) is 2. The molecule has 0 fully saturated rings. The van der Waals surface area contributed by atoms with Crippen molar-refractivity contribution in [3.05, 3.63) is 24.0 Å². The maximum atomic E-state index is 11.4. The molecule has 0 saturated carbocycles. The second-order valence-electron chi connectivity index (χ2n) is 3.67. The van der Waals surface area contributed by atoms with Crippen LogP contribution < -0.4 is 5.73 Å². The third kappa shape index (κ3) is 2.07. The van der Waals surface area contributed by atoms with Gasteiger partial charge >= 0.3 is 0 Å². The van der Waals surface area contributed by atoms with Crippen molar-refractivity contribution in [2.45, 2.75) is 11.3 Å². The van der Waals surface area contributed by atoms with Gasteiger partial charge in [-0.3, -0.25) is 0 Å². The summed E-state index contributed by atoms with van der Waals surface area (Å²) >= 11 is 0. The van der Waals surface area contributed by atoms with Crippen LogP contribution in [-0.4, -0.2) is 31.2 Å². The number of hydrogen-bond acceptors (Lipinski definition) is 4. The Morgan fingerprint density at radius 3 is 2.81 bits per heavy atom. The molecule has 3 N–H and O–H groups in total. The highest BCUT2D eigenvalue weighted by molar-refractivity contribution is 7.90. The summed E-state index contributed by atoms with van der Waals surface area (Å²) in [4.78, 5) is 7.64. The highest BCUT2D eigenvalue weighted by atomic mass is 32.2. The number of rotatable bonds is 3. The van der Waals surface area contributed by atoms with Crippen LogP contribution in [0, 0.1) is 0 Å². The molecule has 0 radical (unpaired) electrons. The van der Waals surface area contributed by atoms with Gasteiger partial charge in [0, 0.05) is 12.7 Å². The van der Waals surface area contributed by atoms with E-state index in [4.69, 9.17) is 5.73 Å². The quantitative estimate of drug-likeness (QED) is 0.814. The maximum Gasteiger partial charge on any atom is 0.175 e. The van der Waals surface area contributed by atoms with Gasteiger partial charge < -0.3 is 10.7 Å². The van der Waals surface area contributed by atoms with Crippen LogP contribution in [0.15, 0.2) is 23.1 Å². The first kappa shape index (κ1) is 11.1. The van der Waals surface area contributed by atoms with Gasteiger partial charge in [0.1, 0.15) is 5.82 Å². The Kier molecular flexibility index (Phi) is 2.69. The highest BCUT2D eigenvalue weighted by Crippen LogP contribution is 2.17. The van der Waals surface area contributed by atoms with Gasteiger partial charge in [0.05, 0.1) is 15.9 Å². The van der Waals surface area contributed by atoms with Crippen molar-refractivity contribution in [2.24, 2.45) is 5.73 Å². The molecule has 0 spiro atoms. The molecule has 5 nitrogen and oxygen atoms in total. The summed E-state index contributed by atoms with van der Waals surface area (Å²) in [6.07, 6.45) is 1.84. The van der Waals surface area contributed by atoms with Crippen LogP contribution in [0.2, 0.25) is 0 Å². The summed E-state index contributed by atoms with van der Waals surface area (Å²) in [5.41, 5.74) is 6.91. The number of aromatic amines is 1. The molecule has 16 heavy (non-hydrogen) atoms. The average Bonchev–Trinajstić information content (AvgIpc) is 2.57. The van der Waals surface area contributed by atoms with E-state index >= 15 is 0 Å². The van der Waals surface area contributed by atoms with E-state index in [1.807, 2.05) is 0 Å². The van der Waals surface area contributed by atoms with Gasteiger partial charge in [0.2, 0.25) is 0 Å². The lowest BCUT2D eigenvalue weighted by Gasteiger charge is -1.96. The zero-order valence-electron chi connectivity index (χ0n) is 8.90. The Labute approximate surface area is 93.6 Å². The number of H-pyrrole nitrogens is 1. The molecule has 0 saturated heterocycles. The summed E-state index contributed by atoms with van der Waals surface area (Å²) in [5, 5.41) is 0. The van der Waals surface area contributed by atoms with Crippen molar-refractivity contribution in [1.29, 1.82) is 0 Å². The summed E-state index contributed by atoms with van der Waals surface area (Å²) in [5.74, 6) is 0.781. The van der Waals surface area contributed by atoms with E-state index in [0.717, 1.165) is 16.9 Å². The predicted octanol–water partition coefficient (Wildman–Crippen LogP) is 0.468. The monoisotopic (exact) mass is 239 g/mol. The lowest BCUT2D eigenvalue weighted by atomic mass is 10.3. The zero-order chi connectivity index (χ0) is 11.8. The summed E-state index contributed by atoms with van der Waals surface area (Å²) in [6, 6.07) is 4.85. The van der Waals surface area contributed by atoms with Gasteiger partial charge in [-0.2, -0.15) is 0 Å². The minimum absolute atomic E-state index is 0.294. The largest absolute Gasteiger partial charge is 0.342 e. The Bertz CT molecular complexity index is 616. The lowest BCUT2D eigenvalue weighted by molar-refractivity contribution is 0.602. The van der Waals surface area contributed by atoms with Gasteiger partial charge in [-0.25, -0.2) is 13.4 Å². The van der Waals surface area contributed by atoms with E-state index in [-0.39, 0.29) is 0 Å². The van der Waals surface area contributed by atoms with Gasteiger partial charge in [0.25, 0.3) is 0 Å². The first-order valence-corrected chi connectivity index (χ1v) is 6.78. The highest BCUT2D eigenvalue weighted by Gasteiger charge is 2.09. The number of sulfone groups is 1. The molecule has 0 unspecified atom stereocenters. The third-order valence-electron chi connectivity index (χ3n) is 2.31. The molecule has 1 heterocycles. The van der Waals surface area contributed by atoms with Crippen molar-refractivity contribution in [3.8, 4) is 0 Å². The van der Waals surface area contributed by atoms with E-state index in [1.165, 1.54) is 6.26 Å². The molecular formula is C10H13N3O2S. The van der Waals surface area contributed by atoms with Gasteiger partial charge in [-0.15, -0.1) is 0 Å². The standard InChI is InChI=1S/C10H13N3O2S/c1-16(14,15)7-2-3-8-9(6-7)13-10(12-8)4-5-11/h2-3,6H,4-5,11H2,1H3,(H,12,13). The van der Waals surface area contributed by atoms with E-state index in [9.17, 15) is 8.42 Å². The smallest absolute Gasteiger partial charge is 0.175 e. The van der Waals surface area contributed by atoms with E-state index in [2.05, 4.69) is 9.97 Å². The molecule has 0 amide bonds. The molecule has 0 bridgehead atoms. The van der Waals surface area contributed by atoms with Gasteiger partial charge in [0.15, 0.2) is 9.84 Å². The molecule has 0 aliphatic carbocycles. The van der Waals surface area contributed by atoms with Crippen molar-refractivity contribution in [1.82, 2.24) is 9.97 Å². The fourth-order valence-electron chi connectivity index (χ4n) is 1.53. The van der Waals surface area contributed by atoms with Crippen LogP contribution in [0.5, 0.6) is 0 Å². The van der Waals surface area contributed by atoms with Crippen LogP contribution in [0.1, 0.15) is 5.82 Å². The van der Waals surface area contributed by atoms with Crippen molar-refractivity contribution >= 4 is 20.9 Å². The molecule has 0 atom stereocenters. The second-order valence-corrected chi connectivity index (χ2v) is 5.69. The van der Waals surface area contributed by atoms with Gasteiger partial charge in [-0.05, 0) is 24.7 Å². The topological polar surface area (TPSA) is 88.8 Å². The molecule has 2 rings (SSSR count). The first-order valence-electron chi connectivity index (χ1n) is 4.89. The molecular weight excluding hydrogens is 226 g/mol. The van der Waals surface area contributed by atoms with Crippen LogP contribution >= 0.6 is 0 Å². The summed E-state index contributed by atoms with van der Waals surface area (Å²) < 4.78 is 22.7. The van der Waals surface area contributed by atoms with Crippen LogP contribution in [-0.2, 0) is 16.3 Å². The number of benzene rings is 1. The van der Waals surface area contributed by atoms with E-state index < -0.39 is 9.84 Å². The zero-order valence-corrected chi connectivity index (χ0v) is 9.71. The minimum Gasteiger partial charge on any atom is -0.342 e. The van der Waals surface area contributed by atoms with Crippen LogP contribution in [0.3, 0.4) is 0 Å². The second kappa shape index (κ2) is 3.88. The third-order valence-corrected chi connectivity index (χ3v) is 3.42. The summed E-state index contributed by atoms with van der Waals surface area (Å²) in [6.45, 7) is 0.513.